The van der Waals surface area contributed by atoms with Crippen LogP contribution in [0.4, 0.5) is 0 Å². The molecule has 3 rings (SSSR count). The van der Waals surface area contributed by atoms with E-state index in [0.29, 0.717) is 18.9 Å². The highest BCUT2D eigenvalue weighted by Gasteiger charge is 2.06. The number of amidine groups is 1. The first kappa shape index (κ1) is 17.5. The molecule has 0 aliphatic heterocycles. The average Bonchev–Trinajstić information content (AvgIpc) is 2.96. The molecular formula is C18H21IN4. The Morgan fingerprint density at radius 1 is 1.09 bits per heavy atom. The van der Waals surface area contributed by atoms with Crippen LogP contribution in [0.5, 0.6) is 0 Å². The molecule has 0 aliphatic rings. The van der Waals surface area contributed by atoms with E-state index in [1.54, 1.807) is 0 Å². The Hall–Kier alpha value is -1.86. The molecule has 0 radical (unpaired) electrons. The van der Waals surface area contributed by atoms with E-state index < -0.39 is 0 Å². The van der Waals surface area contributed by atoms with E-state index in [2.05, 4.69) is 16.0 Å². The van der Waals surface area contributed by atoms with Crippen molar-refractivity contribution in [1.29, 1.82) is 0 Å². The highest BCUT2D eigenvalue weighted by Crippen LogP contribution is 2.20. The summed E-state index contributed by atoms with van der Waals surface area (Å²) in [5.74, 6) is 0.561. The lowest BCUT2D eigenvalue weighted by molar-refractivity contribution is 0.976. The van der Waals surface area contributed by atoms with Crippen molar-refractivity contribution in [2.24, 2.45) is 16.5 Å². The summed E-state index contributed by atoms with van der Waals surface area (Å²) in [4.78, 5) is 7.75. The Labute approximate surface area is 153 Å². The van der Waals surface area contributed by atoms with Gasteiger partial charge in [-0.15, -0.1) is 24.0 Å². The highest BCUT2D eigenvalue weighted by molar-refractivity contribution is 14.0. The zero-order chi connectivity index (χ0) is 15.4. The number of aliphatic imine (C=N–C) groups is 1. The minimum Gasteiger partial charge on any atom is -0.383 e. The fraction of sp³-hybridized carbons (Fsp3) is 0.167. The number of halogens is 1. The Kier molecular flexibility index (Phi) is 6.18. The molecule has 0 saturated carbocycles. The fourth-order valence-electron chi connectivity index (χ4n) is 2.55. The number of nitrogens with two attached hydrogens (primary N) is 2. The normalized spacial score (nSPS) is 11.4. The van der Waals surface area contributed by atoms with Crippen LogP contribution in [0.2, 0.25) is 0 Å². The first-order valence-electron chi connectivity index (χ1n) is 7.42. The molecule has 4 nitrogen and oxygen atoms in total. The molecule has 5 heteroatoms. The lowest BCUT2D eigenvalue weighted by Gasteiger charge is -2.03. The summed E-state index contributed by atoms with van der Waals surface area (Å²) in [6, 6.07) is 16.2. The Bertz CT molecular complexity index is 793. The number of aromatic nitrogens is 1. The van der Waals surface area contributed by atoms with Gasteiger partial charge in [-0.1, -0.05) is 30.3 Å². The van der Waals surface area contributed by atoms with Crippen LogP contribution in [-0.4, -0.2) is 17.4 Å². The van der Waals surface area contributed by atoms with Crippen molar-refractivity contribution in [3.8, 4) is 0 Å². The molecule has 1 aromatic heterocycles. The van der Waals surface area contributed by atoms with Crippen LogP contribution in [0.25, 0.3) is 10.9 Å². The molecule has 0 aliphatic carbocycles. The van der Waals surface area contributed by atoms with Gasteiger partial charge in [-0.05, 0) is 42.3 Å². The number of H-pyrrole nitrogens is 1. The van der Waals surface area contributed by atoms with Crippen molar-refractivity contribution in [3.05, 3.63) is 71.4 Å². The van der Waals surface area contributed by atoms with Crippen molar-refractivity contribution in [2.45, 2.75) is 13.0 Å². The molecule has 0 bridgehead atoms. The third kappa shape index (κ3) is 4.11. The summed E-state index contributed by atoms with van der Waals surface area (Å²) in [5, 5.41) is 1.17. The van der Waals surface area contributed by atoms with Gasteiger partial charge in [-0.25, -0.2) is 0 Å². The van der Waals surface area contributed by atoms with Crippen LogP contribution in [0.1, 0.15) is 16.7 Å². The van der Waals surface area contributed by atoms with Crippen LogP contribution < -0.4 is 11.5 Å². The molecule has 0 fully saturated rings. The topological polar surface area (TPSA) is 80.2 Å². The largest absolute Gasteiger partial charge is 0.383 e. The molecule has 0 atom stereocenters. The smallest absolute Gasteiger partial charge is 0.125 e. The average molecular weight is 420 g/mol. The Balaban J connectivity index is 0.00000192. The molecule has 1 heterocycles. The summed E-state index contributed by atoms with van der Waals surface area (Å²) in [6.07, 6.45) is 2.86. The van der Waals surface area contributed by atoms with Crippen molar-refractivity contribution in [3.63, 3.8) is 0 Å². The van der Waals surface area contributed by atoms with Gasteiger partial charge in [0.25, 0.3) is 0 Å². The summed E-state index contributed by atoms with van der Waals surface area (Å²) in [7, 11) is 0. The van der Waals surface area contributed by atoms with Crippen LogP contribution in [0, 0.1) is 0 Å². The van der Waals surface area contributed by atoms with E-state index in [1.807, 2.05) is 48.7 Å². The number of hydrogen-bond donors (Lipinski definition) is 3. The van der Waals surface area contributed by atoms with Gasteiger partial charge in [0.2, 0.25) is 0 Å². The van der Waals surface area contributed by atoms with Crippen LogP contribution in [0.3, 0.4) is 0 Å². The first-order valence-corrected chi connectivity index (χ1v) is 7.42. The second kappa shape index (κ2) is 8.12. The van der Waals surface area contributed by atoms with Gasteiger partial charge in [-0.3, -0.25) is 4.99 Å². The van der Waals surface area contributed by atoms with E-state index >= 15 is 0 Å². The molecule has 5 N–H and O–H groups in total. The maximum absolute atomic E-state index is 6.14. The molecule has 23 heavy (non-hydrogen) atoms. The number of hydrogen-bond acceptors (Lipinski definition) is 2. The van der Waals surface area contributed by atoms with E-state index in [9.17, 15) is 0 Å². The van der Waals surface area contributed by atoms with Crippen molar-refractivity contribution in [2.75, 3.05) is 6.54 Å². The van der Waals surface area contributed by atoms with E-state index in [0.717, 1.165) is 23.1 Å². The number of nitrogens with one attached hydrogen (secondary N) is 1. The highest BCUT2D eigenvalue weighted by atomic mass is 127. The third-order valence-electron chi connectivity index (χ3n) is 3.75. The first-order chi connectivity index (χ1) is 10.8. The van der Waals surface area contributed by atoms with Gasteiger partial charge in [0.05, 0.1) is 6.54 Å². The van der Waals surface area contributed by atoms with Crippen LogP contribution in [0.15, 0.2) is 59.7 Å². The Morgan fingerprint density at radius 2 is 1.87 bits per heavy atom. The van der Waals surface area contributed by atoms with E-state index in [-0.39, 0.29) is 24.0 Å². The minimum absolute atomic E-state index is 0. The van der Waals surface area contributed by atoms with Gasteiger partial charge in [-0.2, -0.15) is 0 Å². The number of fused-ring (bicyclic) bond motifs is 1. The van der Waals surface area contributed by atoms with Crippen molar-refractivity contribution >= 4 is 40.7 Å². The minimum atomic E-state index is 0. The molecule has 120 valence electrons. The molecule has 0 unspecified atom stereocenters. The van der Waals surface area contributed by atoms with E-state index in [1.165, 1.54) is 10.9 Å². The monoisotopic (exact) mass is 420 g/mol. The molecule has 0 amide bonds. The van der Waals surface area contributed by atoms with Gasteiger partial charge in [0.1, 0.15) is 5.84 Å². The maximum Gasteiger partial charge on any atom is 0.125 e. The maximum atomic E-state index is 6.14. The van der Waals surface area contributed by atoms with Gasteiger partial charge in [0, 0.05) is 22.7 Å². The molecule has 3 aromatic rings. The number of rotatable bonds is 5. The molecule has 0 saturated heterocycles. The van der Waals surface area contributed by atoms with E-state index in [4.69, 9.17) is 11.5 Å². The second-order valence-electron chi connectivity index (χ2n) is 5.30. The number of aromatic amines is 1. The zero-order valence-electron chi connectivity index (χ0n) is 12.8. The second-order valence-corrected chi connectivity index (χ2v) is 5.30. The van der Waals surface area contributed by atoms with Gasteiger partial charge in [0.15, 0.2) is 0 Å². The molecular weight excluding hydrogens is 399 g/mol. The SMILES string of the molecule is I.NCCc1c[nH]c2ccc(C(N)=NCc3ccccc3)cc12. The van der Waals surface area contributed by atoms with Crippen LogP contribution in [-0.2, 0) is 13.0 Å². The number of nitrogens with zero attached hydrogens (tertiary/aromatic N) is 1. The number of benzene rings is 2. The lowest BCUT2D eigenvalue weighted by Crippen LogP contribution is -2.13. The van der Waals surface area contributed by atoms with Crippen molar-refractivity contribution < 1.29 is 0 Å². The zero-order valence-corrected chi connectivity index (χ0v) is 15.2. The predicted molar refractivity (Wildman–Crippen MR) is 107 cm³/mol. The summed E-state index contributed by atoms with van der Waals surface area (Å²) in [5.41, 5.74) is 16.2. The molecule has 2 aromatic carbocycles. The summed E-state index contributed by atoms with van der Waals surface area (Å²) >= 11 is 0. The summed E-state index contributed by atoms with van der Waals surface area (Å²) < 4.78 is 0. The predicted octanol–water partition coefficient (Wildman–Crippen LogP) is 3.19. The lowest BCUT2D eigenvalue weighted by atomic mass is 10.1. The van der Waals surface area contributed by atoms with Crippen molar-refractivity contribution in [1.82, 2.24) is 4.98 Å². The summed E-state index contributed by atoms with van der Waals surface area (Å²) in [6.45, 7) is 1.22. The fourth-order valence-corrected chi connectivity index (χ4v) is 2.55. The van der Waals surface area contributed by atoms with Gasteiger partial charge >= 0.3 is 0 Å². The van der Waals surface area contributed by atoms with Gasteiger partial charge < -0.3 is 16.5 Å². The van der Waals surface area contributed by atoms with Crippen LogP contribution >= 0.6 is 24.0 Å². The molecule has 0 spiro atoms. The third-order valence-corrected chi connectivity index (χ3v) is 3.75. The standard InChI is InChI=1S/C18H20N4.HI/c19-9-8-15-12-21-17-7-6-14(10-16(15)17)18(20)22-11-13-4-2-1-3-5-13;/h1-7,10,12,21H,8-9,11,19H2,(H2,20,22);1H. The quantitative estimate of drug-likeness (QED) is 0.337. The Morgan fingerprint density at radius 3 is 2.61 bits per heavy atom.